The van der Waals surface area contributed by atoms with Crippen LogP contribution in [0, 0.1) is 27.6 Å². The van der Waals surface area contributed by atoms with E-state index in [4.69, 9.17) is 4.74 Å². The zero-order valence-corrected chi connectivity index (χ0v) is 31.2. The van der Waals surface area contributed by atoms with Crippen molar-refractivity contribution in [3.05, 3.63) is 0 Å². The number of esters is 2. The van der Waals surface area contributed by atoms with Crippen molar-refractivity contribution in [2.75, 3.05) is 26.2 Å². The van der Waals surface area contributed by atoms with Gasteiger partial charge in [0.25, 0.3) is 5.60 Å². The van der Waals surface area contributed by atoms with Crippen LogP contribution in [-0.4, -0.2) is 71.7 Å². The third kappa shape index (κ3) is 10.2. The Morgan fingerprint density at radius 2 is 1.17 bits per heavy atom. The van der Waals surface area contributed by atoms with Crippen molar-refractivity contribution in [1.82, 2.24) is 4.90 Å². The number of carbonyl (C=O) groups excluding carboxylic acids is 2. The summed E-state index contributed by atoms with van der Waals surface area (Å²) in [6, 6.07) is 0. The molecule has 0 aromatic heterocycles. The maximum absolute atomic E-state index is 12.8. The molecule has 0 atom stereocenters. The van der Waals surface area contributed by atoms with E-state index in [2.05, 4.69) is 44.3 Å². The molecule has 0 aliphatic heterocycles. The SMILES string of the molecule is CCC(C)(C)C(=O)OC(C)(C)C(O)(C(F)(F)F)C(F)(F)F.CCC12CCC(CC1)C2(C)C.CCN(CC)CCOC(=O)C(C)(C)CC. The van der Waals surface area contributed by atoms with Crippen LogP contribution in [0.1, 0.15) is 135 Å². The summed E-state index contributed by atoms with van der Waals surface area (Å²) in [5.41, 5.74) is -8.63. The Labute approximate surface area is 279 Å². The topological polar surface area (TPSA) is 76.1 Å². The molecule has 6 nitrogen and oxygen atoms in total. The van der Waals surface area contributed by atoms with E-state index in [-0.39, 0.29) is 17.8 Å². The van der Waals surface area contributed by atoms with E-state index < -0.39 is 34.9 Å². The number of hydrogen-bond donors (Lipinski definition) is 1. The van der Waals surface area contributed by atoms with E-state index >= 15 is 0 Å². The minimum atomic E-state index is -6.06. The molecule has 2 aliphatic rings. The molecule has 0 radical (unpaired) electrons. The van der Waals surface area contributed by atoms with Gasteiger partial charge in [0.05, 0.1) is 10.8 Å². The number of likely N-dealkylation sites (N-methyl/N-ethyl adjacent to an activating group) is 1. The Hall–Kier alpha value is -1.56. The lowest BCUT2D eigenvalue weighted by molar-refractivity contribution is -0.408. The average molecular weight is 692 g/mol. The maximum atomic E-state index is 12.8. The van der Waals surface area contributed by atoms with Crippen LogP contribution < -0.4 is 0 Å². The smallest absolute Gasteiger partial charge is 0.430 e. The molecule has 47 heavy (non-hydrogen) atoms. The number of nitrogens with zero attached hydrogens (tertiary/aromatic N) is 1. The molecule has 2 saturated carbocycles. The van der Waals surface area contributed by atoms with Crippen molar-refractivity contribution in [3.63, 3.8) is 0 Å². The number of carbonyl (C=O) groups is 2. The lowest BCUT2D eigenvalue weighted by Crippen LogP contribution is -2.70. The highest BCUT2D eigenvalue weighted by atomic mass is 19.4. The molecule has 0 spiro atoms. The zero-order chi connectivity index (χ0) is 37.5. The van der Waals surface area contributed by atoms with Crippen LogP contribution in [-0.2, 0) is 19.1 Å². The molecule has 0 unspecified atom stereocenters. The highest BCUT2D eigenvalue weighted by Gasteiger charge is 2.78. The highest BCUT2D eigenvalue weighted by molar-refractivity contribution is 5.76. The molecule has 2 fully saturated rings. The predicted molar refractivity (Wildman–Crippen MR) is 173 cm³/mol. The lowest BCUT2D eigenvalue weighted by Gasteiger charge is -2.44. The first-order valence-corrected chi connectivity index (χ1v) is 17.0. The fourth-order valence-electron chi connectivity index (χ4n) is 6.36. The van der Waals surface area contributed by atoms with Crippen molar-refractivity contribution in [2.24, 2.45) is 27.6 Å². The third-order valence-electron chi connectivity index (χ3n) is 11.5. The average Bonchev–Trinajstić information content (AvgIpc) is 3.37. The van der Waals surface area contributed by atoms with Gasteiger partial charge < -0.3 is 19.5 Å². The molecule has 0 aromatic rings. The Kier molecular flexibility index (Phi) is 15.9. The number of halogens is 6. The van der Waals surface area contributed by atoms with Crippen LogP contribution in [0.2, 0.25) is 0 Å². The number of alkyl halides is 6. The van der Waals surface area contributed by atoms with E-state index in [0.29, 0.717) is 25.9 Å². The van der Waals surface area contributed by atoms with Crippen LogP contribution in [0.15, 0.2) is 0 Å². The second-order valence-electron chi connectivity index (χ2n) is 15.4. The fraction of sp³-hybridized carbons (Fsp3) is 0.943. The molecule has 2 bridgehead atoms. The van der Waals surface area contributed by atoms with Crippen LogP contribution in [0.4, 0.5) is 26.3 Å². The quantitative estimate of drug-likeness (QED) is 0.162. The molecule has 2 rings (SSSR count). The summed E-state index contributed by atoms with van der Waals surface area (Å²) in [5.74, 6) is -0.290. The summed E-state index contributed by atoms with van der Waals surface area (Å²) in [6.07, 6.45) is -3.70. The first kappa shape index (κ1) is 45.4. The number of rotatable bonds is 12. The third-order valence-corrected chi connectivity index (χ3v) is 11.5. The Morgan fingerprint density at radius 1 is 0.766 bits per heavy atom. The second-order valence-corrected chi connectivity index (χ2v) is 15.4. The van der Waals surface area contributed by atoms with Gasteiger partial charge in [-0.3, -0.25) is 9.59 Å². The van der Waals surface area contributed by atoms with E-state index in [1.54, 1.807) is 0 Å². The van der Waals surface area contributed by atoms with Gasteiger partial charge >= 0.3 is 24.3 Å². The van der Waals surface area contributed by atoms with E-state index in [0.717, 1.165) is 37.4 Å². The Balaban J connectivity index is 0.000000708. The van der Waals surface area contributed by atoms with Gasteiger partial charge in [0.2, 0.25) is 0 Å². The summed E-state index contributed by atoms with van der Waals surface area (Å²) in [5, 5.41) is 9.27. The van der Waals surface area contributed by atoms with Gasteiger partial charge in [0.15, 0.2) is 5.60 Å². The molecule has 0 heterocycles. The van der Waals surface area contributed by atoms with Crippen molar-refractivity contribution in [2.45, 2.75) is 159 Å². The van der Waals surface area contributed by atoms with Crippen molar-refractivity contribution in [1.29, 1.82) is 0 Å². The molecule has 280 valence electrons. The molecule has 0 aromatic carbocycles. The molecule has 0 saturated heterocycles. The van der Waals surface area contributed by atoms with Gasteiger partial charge in [-0.2, -0.15) is 26.3 Å². The van der Waals surface area contributed by atoms with E-state index in [1.165, 1.54) is 52.9 Å². The number of fused-ring (bicyclic) bond motifs is 2. The maximum Gasteiger partial charge on any atom is 0.430 e. The molecule has 2 aliphatic carbocycles. The lowest BCUT2D eigenvalue weighted by atomic mass is 9.68. The standard InChI is InChI=1S/C12H18F6O3.C12H25NO2.C11H20/c1-6-8(2,3)7(19)21-9(4,5)10(20,11(13,14)15)12(16,17)18;1-6-12(4,5)11(14)15-10-9-13(7-2)8-3;1-4-11-7-5-9(6-8-11)10(11,2)3/h20H,6H2,1-5H3;6-10H2,1-5H3;9H,4-8H2,1-3H3. The largest absolute Gasteiger partial charge is 0.464 e. The Bertz CT molecular complexity index is 977. The minimum Gasteiger partial charge on any atom is -0.464 e. The first-order chi connectivity index (χ1) is 21.0. The summed E-state index contributed by atoms with van der Waals surface area (Å²) in [6.45, 7) is 25.7. The van der Waals surface area contributed by atoms with Gasteiger partial charge in [-0.1, -0.05) is 48.5 Å². The van der Waals surface area contributed by atoms with Crippen LogP contribution in [0.5, 0.6) is 0 Å². The van der Waals surface area contributed by atoms with Crippen LogP contribution >= 0.6 is 0 Å². The summed E-state index contributed by atoms with van der Waals surface area (Å²) in [7, 11) is 0. The molecule has 12 heteroatoms. The second kappa shape index (κ2) is 16.4. The van der Waals surface area contributed by atoms with Crippen molar-refractivity contribution < 1.29 is 50.5 Å². The normalized spacial score (nSPS) is 21.4. The number of hydrogen-bond acceptors (Lipinski definition) is 6. The predicted octanol–water partition coefficient (Wildman–Crippen LogP) is 9.52. The Morgan fingerprint density at radius 3 is 1.45 bits per heavy atom. The van der Waals surface area contributed by atoms with Crippen molar-refractivity contribution >= 4 is 11.9 Å². The molecule has 1 N–H and O–H groups in total. The molecular weight excluding hydrogens is 628 g/mol. The van der Waals surface area contributed by atoms with Gasteiger partial charge in [0.1, 0.15) is 6.61 Å². The van der Waals surface area contributed by atoms with Crippen LogP contribution in [0.25, 0.3) is 0 Å². The highest BCUT2D eigenvalue weighted by Crippen LogP contribution is 2.67. The number of aliphatic hydroxyl groups is 1. The van der Waals surface area contributed by atoms with Crippen LogP contribution in [0.3, 0.4) is 0 Å². The molecular formula is C35H63F6NO5. The monoisotopic (exact) mass is 691 g/mol. The van der Waals surface area contributed by atoms with Gasteiger partial charge in [-0.25, -0.2) is 0 Å². The molecule has 0 amide bonds. The van der Waals surface area contributed by atoms with Crippen molar-refractivity contribution in [3.8, 4) is 0 Å². The van der Waals surface area contributed by atoms with Gasteiger partial charge in [-0.15, -0.1) is 0 Å². The fourth-order valence-corrected chi connectivity index (χ4v) is 6.36. The first-order valence-electron chi connectivity index (χ1n) is 17.0. The van der Waals surface area contributed by atoms with E-state index in [1.807, 2.05) is 20.8 Å². The summed E-state index contributed by atoms with van der Waals surface area (Å²) < 4.78 is 86.2. The summed E-state index contributed by atoms with van der Waals surface area (Å²) in [4.78, 5) is 25.6. The van der Waals surface area contributed by atoms with Gasteiger partial charge in [-0.05, 0) is 116 Å². The zero-order valence-electron chi connectivity index (χ0n) is 31.2. The number of ether oxygens (including phenoxy) is 2. The van der Waals surface area contributed by atoms with E-state index in [9.17, 15) is 41.0 Å². The minimum absolute atomic E-state index is 0.0860. The van der Waals surface area contributed by atoms with Gasteiger partial charge in [0, 0.05) is 6.54 Å². The summed E-state index contributed by atoms with van der Waals surface area (Å²) >= 11 is 0.